The molecule has 2 heterocycles. The number of nitrogens with zero attached hydrogens (tertiary/aromatic N) is 2. The van der Waals surface area contributed by atoms with Gasteiger partial charge in [0.1, 0.15) is 0 Å². The predicted octanol–water partition coefficient (Wildman–Crippen LogP) is 2.69. The highest BCUT2D eigenvalue weighted by atomic mass is 32.1. The molecule has 0 bridgehead atoms. The number of benzene rings is 2. The van der Waals surface area contributed by atoms with Crippen LogP contribution in [0.5, 0.6) is 0 Å². The van der Waals surface area contributed by atoms with E-state index in [1.807, 2.05) is 30.3 Å². The third-order valence-electron chi connectivity index (χ3n) is 3.59. The molecule has 2 amide bonds. The van der Waals surface area contributed by atoms with Gasteiger partial charge in [0.05, 0.1) is 27.4 Å². The normalized spacial score (nSPS) is 11.0. The maximum Gasteiger partial charge on any atom is 0.318 e. The molecule has 0 aliphatic rings. The van der Waals surface area contributed by atoms with Gasteiger partial charge in [-0.3, -0.25) is 10.1 Å². The van der Waals surface area contributed by atoms with Gasteiger partial charge in [0.25, 0.3) is 5.56 Å². The van der Waals surface area contributed by atoms with E-state index in [1.165, 1.54) is 17.7 Å². The Morgan fingerprint density at radius 2 is 1.92 bits per heavy atom. The van der Waals surface area contributed by atoms with Gasteiger partial charge in [-0.1, -0.05) is 23.5 Å². The fraction of sp³-hybridized carbons (Fsp3) is 0. The number of aromatic nitrogens is 3. The smallest absolute Gasteiger partial charge is 0.318 e. The second-order valence-electron chi connectivity index (χ2n) is 5.15. The molecule has 118 valence electrons. The van der Waals surface area contributed by atoms with Crippen LogP contribution in [-0.2, 0) is 0 Å². The summed E-state index contributed by atoms with van der Waals surface area (Å²) in [6.45, 7) is 0. The molecule has 24 heavy (non-hydrogen) atoms. The van der Waals surface area contributed by atoms with E-state index in [4.69, 9.17) is 5.73 Å². The molecule has 0 fully saturated rings. The molecular weight excluding hydrogens is 326 g/mol. The minimum atomic E-state index is -0.643. The zero-order valence-electron chi connectivity index (χ0n) is 12.2. The SMILES string of the molecule is NC(=O)Nc1nc2cc(-c3ccc4nc[nH]c(=O)c4c3)ccc2s1. The number of carbonyl (C=O) groups is 1. The highest BCUT2D eigenvalue weighted by Crippen LogP contribution is 2.30. The van der Waals surface area contributed by atoms with E-state index in [2.05, 4.69) is 20.3 Å². The average molecular weight is 337 g/mol. The molecule has 0 aliphatic carbocycles. The quantitative estimate of drug-likeness (QED) is 0.522. The molecule has 4 aromatic rings. The second-order valence-corrected chi connectivity index (χ2v) is 6.19. The molecule has 4 N–H and O–H groups in total. The van der Waals surface area contributed by atoms with Crippen LogP contribution in [0.15, 0.2) is 47.5 Å². The van der Waals surface area contributed by atoms with Crippen LogP contribution in [0.1, 0.15) is 0 Å². The zero-order chi connectivity index (χ0) is 16.7. The minimum absolute atomic E-state index is 0.176. The van der Waals surface area contributed by atoms with E-state index >= 15 is 0 Å². The number of primary amides is 1. The number of H-pyrrole nitrogens is 1. The Hall–Kier alpha value is -3.26. The number of thiazole rings is 1. The van der Waals surface area contributed by atoms with Crippen molar-refractivity contribution in [1.82, 2.24) is 15.0 Å². The molecular formula is C16H11N5O2S. The van der Waals surface area contributed by atoms with Crippen molar-refractivity contribution in [3.8, 4) is 11.1 Å². The van der Waals surface area contributed by atoms with Crippen molar-refractivity contribution in [3.05, 3.63) is 53.1 Å². The van der Waals surface area contributed by atoms with Crippen LogP contribution in [0.25, 0.3) is 32.2 Å². The summed E-state index contributed by atoms with van der Waals surface area (Å²) in [6, 6.07) is 10.7. The molecule has 2 aromatic heterocycles. The van der Waals surface area contributed by atoms with Gasteiger partial charge in [0.2, 0.25) is 0 Å². The van der Waals surface area contributed by atoms with Crippen LogP contribution >= 0.6 is 11.3 Å². The first-order valence-corrected chi connectivity index (χ1v) is 7.87. The molecule has 4 rings (SSSR count). The Kier molecular flexibility index (Phi) is 3.24. The van der Waals surface area contributed by atoms with Crippen molar-refractivity contribution < 1.29 is 4.79 Å². The summed E-state index contributed by atoms with van der Waals surface area (Å²) in [5.74, 6) is 0. The van der Waals surface area contributed by atoms with Crippen molar-refractivity contribution in [3.63, 3.8) is 0 Å². The van der Waals surface area contributed by atoms with Gasteiger partial charge in [-0.2, -0.15) is 0 Å². The lowest BCUT2D eigenvalue weighted by atomic mass is 10.0. The first-order chi connectivity index (χ1) is 11.6. The summed E-state index contributed by atoms with van der Waals surface area (Å²) in [7, 11) is 0. The van der Waals surface area contributed by atoms with Gasteiger partial charge in [-0.05, 0) is 35.4 Å². The van der Waals surface area contributed by atoms with Crippen molar-refractivity contribution in [2.24, 2.45) is 5.73 Å². The third kappa shape index (κ3) is 2.48. The van der Waals surface area contributed by atoms with Crippen molar-refractivity contribution in [2.45, 2.75) is 0 Å². The van der Waals surface area contributed by atoms with Gasteiger partial charge < -0.3 is 10.7 Å². The van der Waals surface area contributed by atoms with E-state index < -0.39 is 6.03 Å². The van der Waals surface area contributed by atoms with Gasteiger partial charge in [0, 0.05) is 0 Å². The highest BCUT2D eigenvalue weighted by Gasteiger charge is 2.08. The van der Waals surface area contributed by atoms with Crippen molar-refractivity contribution >= 4 is 43.6 Å². The molecule has 0 atom stereocenters. The molecule has 0 aliphatic heterocycles. The van der Waals surface area contributed by atoms with Crippen LogP contribution in [0.2, 0.25) is 0 Å². The maximum absolute atomic E-state index is 11.9. The molecule has 0 unspecified atom stereocenters. The van der Waals surface area contributed by atoms with E-state index in [0.29, 0.717) is 16.0 Å². The summed E-state index contributed by atoms with van der Waals surface area (Å²) in [6.07, 6.45) is 1.39. The van der Waals surface area contributed by atoms with Gasteiger partial charge in [-0.25, -0.2) is 14.8 Å². The Morgan fingerprint density at radius 1 is 1.12 bits per heavy atom. The minimum Gasteiger partial charge on any atom is -0.351 e. The number of hydrogen-bond donors (Lipinski definition) is 3. The Balaban J connectivity index is 1.82. The van der Waals surface area contributed by atoms with E-state index in [0.717, 1.165) is 21.3 Å². The molecule has 0 saturated carbocycles. The first-order valence-electron chi connectivity index (χ1n) is 7.05. The summed E-state index contributed by atoms with van der Waals surface area (Å²) in [5.41, 5.74) is 8.14. The second kappa shape index (κ2) is 5.43. The Labute approximate surface area is 139 Å². The number of fused-ring (bicyclic) bond motifs is 2. The third-order valence-corrected chi connectivity index (χ3v) is 4.54. The summed E-state index contributed by atoms with van der Waals surface area (Å²) in [5, 5.41) is 3.46. The number of nitrogens with two attached hydrogens (primary N) is 1. The number of anilines is 1. The fourth-order valence-electron chi connectivity index (χ4n) is 2.51. The topological polar surface area (TPSA) is 114 Å². The number of nitrogens with one attached hydrogen (secondary N) is 2. The van der Waals surface area contributed by atoms with Crippen LogP contribution in [0, 0.1) is 0 Å². The number of aromatic amines is 1. The number of urea groups is 1. The van der Waals surface area contributed by atoms with Gasteiger partial charge in [0.15, 0.2) is 5.13 Å². The van der Waals surface area contributed by atoms with E-state index in [1.54, 1.807) is 6.07 Å². The Morgan fingerprint density at radius 3 is 2.75 bits per heavy atom. The van der Waals surface area contributed by atoms with Gasteiger partial charge >= 0.3 is 6.03 Å². The van der Waals surface area contributed by atoms with Crippen LogP contribution in [0.3, 0.4) is 0 Å². The molecule has 0 saturated heterocycles. The van der Waals surface area contributed by atoms with E-state index in [9.17, 15) is 9.59 Å². The highest BCUT2D eigenvalue weighted by molar-refractivity contribution is 7.22. The molecule has 0 spiro atoms. The average Bonchev–Trinajstić information content (AvgIpc) is 2.95. The monoisotopic (exact) mass is 337 g/mol. The maximum atomic E-state index is 11.9. The van der Waals surface area contributed by atoms with Crippen LogP contribution in [-0.4, -0.2) is 21.0 Å². The number of carbonyl (C=O) groups excluding carboxylic acids is 1. The van der Waals surface area contributed by atoms with Crippen molar-refractivity contribution in [1.29, 1.82) is 0 Å². The van der Waals surface area contributed by atoms with Crippen LogP contribution in [0.4, 0.5) is 9.93 Å². The number of amides is 2. The first kappa shape index (κ1) is 14.3. The lowest BCUT2D eigenvalue weighted by Gasteiger charge is -2.03. The Bertz CT molecular complexity index is 1150. The lowest BCUT2D eigenvalue weighted by molar-refractivity contribution is 0.259. The lowest BCUT2D eigenvalue weighted by Crippen LogP contribution is -2.18. The summed E-state index contributed by atoms with van der Waals surface area (Å²) < 4.78 is 0.933. The number of hydrogen-bond acceptors (Lipinski definition) is 5. The molecule has 2 aromatic carbocycles. The number of rotatable bonds is 2. The predicted molar refractivity (Wildman–Crippen MR) is 94.2 cm³/mol. The van der Waals surface area contributed by atoms with Gasteiger partial charge in [-0.15, -0.1) is 0 Å². The largest absolute Gasteiger partial charge is 0.351 e. The summed E-state index contributed by atoms with van der Waals surface area (Å²) >= 11 is 1.35. The fourth-order valence-corrected chi connectivity index (χ4v) is 3.36. The molecule has 0 radical (unpaired) electrons. The summed E-state index contributed by atoms with van der Waals surface area (Å²) in [4.78, 5) is 33.9. The van der Waals surface area contributed by atoms with Crippen molar-refractivity contribution in [2.75, 3.05) is 5.32 Å². The van der Waals surface area contributed by atoms with Crippen LogP contribution < -0.4 is 16.6 Å². The molecule has 8 heteroatoms. The van der Waals surface area contributed by atoms with E-state index in [-0.39, 0.29) is 5.56 Å². The molecule has 7 nitrogen and oxygen atoms in total. The zero-order valence-corrected chi connectivity index (χ0v) is 13.1. The standard InChI is InChI=1S/C16H11N5O2S/c17-15(23)21-16-20-12-6-9(2-4-13(12)24-16)8-1-3-11-10(5-8)14(22)19-7-18-11/h1-7H,(H,18,19,22)(H3,17,20,21,23).